The van der Waals surface area contributed by atoms with E-state index < -0.39 is 12.0 Å². The highest BCUT2D eigenvalue weighted by atomic mass is 16.5. The second-order valence-electron chi connectivity index (χ2n) is 5.95. The maximum Gasteiger partial charge on any atom is 0.326 e. The fourth-order valence-electron chi connectivity index (χ4n) is 2.60. The predicted octanol–water partition coefficient (Wildman–Crippen LogP) is 1.81. The molecule has 3 atom stereocenters. The summed E-state index contributed by atoms with van der Waals surface area (Å²) >= 11 is 0. The lowest BCUT2D eigenvalue weighted by atomic mass is 9.91. The van der Waals surface area contributed by atoms with E-state index in [0.717, 1.165) is 0 Å². The van der Waals surface area contributed by atoms with Crippen LogP contribution in [0, 0.1) is 11.8 Å². The standard InChI is InChI=1S/C14H25NO4/c1-8(2)5-12(14(17)18)15-13(16)11-6-9(3)19-10(4)7-11/h8-12H,5-7H2,1-4H3,(H,15,16)(H,17,18)/t9?,10?,11?,12-/m1/s1. The zero-order valence-electron chi connectivity index (χ0n) is 12.2. The third-order valence-electron chi connectivity index (χ3n) is 3.39. The van der Waals surface area contributed by atoms with Crippen molar-refractivity contribution in [3.63, 3.8) is 0 Å². The molecule has 0 bridgehead atoms. The van der Waals surface area contributed by atoms with Crippen LogP contribution in [0.2, 0.25) is 0 Å². The topological polar surface area (TPSA) is 75.6 Å². The lowest BCUT2D eigenvalue weighted by Gasteiger charge is -2.32. The van der Waals surface area contributed by atoms with Crippen LogP contribution < -0.4 is 5.32 Å². The van der Waals surface area contributed by atoms with Crippen LogP contribution in [0.4, 0.5) is 0 Å². The van der Waals surface area contributed by atoms with Crippen LogP contribution in [0.5, 0.6) is 0 Å². The molecule has 0 saturated carbocycles. The first-order chi connectivity index (χ1) is 8.79. The third-order valence-corrected chi connectivity index (χ3v) is 3.39. The van der Waals surface area contributed by atoms with Crippen molar-refractivity contribution in [2.75, 3.05) is 0 Å². The van der Waals surface area contributed by atoms with Crippen molar-refractivity contribution in [1.82, 2.24) is 5.32 Å². The normalized spacial score (nSPS) is 29.0. The van der Waals surface area contributed by atoms with Crippen LogP contribution in [-0.2, 0) is 14.3 Å². The molecule has 2 unspecified atom stereocenters. The third kappa shape index (κ3) is 5.19. The van der Waals surface area contributed by atoms with Gasteiger partial charge in [0.1, 0.15) is 6.04 Å². The van der Waals surface area contributed by atoms with Gasteiger partial charge < -0.3 is 15.2 Å². The molecular weight excluding hydrogens is 246 g/mol. The van der Waals surface area contributed by atoms with Crippen LogP contribution in [-0.4, -0.2) is 35.2 Å². The van der Waals surface area contributed by atoms with E-state index in [4.69, 9.17) is 9.84 Å². The number of rotatable bonds is 5. The van der Waals surface area contributed by atoms with Gasteiger partial charge in [0, 0.05) is 5.92 Å². The number of amides is 1. The van der Waals surface area contributed by atoms with E-state index in [1.165, 1.54) is 0 Å². The summed E-state index contributed by atoms with van der Waals surface area (Å²) < 4.78 is 5.59. The maximum absolute atomic E-state index is 12.2. The van der Waals surface area contributed by atoms with Gasteiger partial charge in [-0.3, -0.25) is 4.79 Å². The minimum atomic E-state index is -0.963. The Labute approximate surface area is 114 Å². The Morgan fingerprint density at radius 2 is 1.79 bits per heavy atom. The van der Waals surface area contributed by atoms with Gasteiger partial charge in [-0.15, -0.1) is 0 Å². The predicted molar refractivity (Wildman–Crippen MR) is 71.8 cm³/mol. The zero-order chi connectivity index (χ0) is 14.6. The van der Waals surface area contributed by atoms with Crippen molar-refractivity contribution in [1.29, 1.82) is 0 Å². The summed E-state index contributed by atoms with van der Waals surface area (Å²) in [7, 11) is 0. The smallest absolute Gasteiger partial charge is 0.326 e. The van der Waals surface area contributed by atoms with Crippen molar-refractivity contribution in [3.05, 3.63) is 0 Å². The average Bonchev–Trinajstić information content (AvgIpc) is 2.25. The lowest BCUT2D eigenvalue weighted by molar-refractivity contribution is -0.144. The molecule has 0 spiro atoms. The largest absolute Gasteiger partial charge is 0.480 e. The Kier molecular flexibility index (Phi) is 5.79. The number of nitrogens with one attached hydrogen (secondary N) is 1. The molecule has 1 fully saturated rings. The number of hydrogen-bond donors (Lipinski definition) is 2. The van der Waals surface area contributed by atoms with Gasteiger partial charge in [-0.1, -0.05) is 13.8 Å². The molecule has 1 aliphatic heterocycles. The molecule has 5 heteroatoms. The number of carbonyl (C=O) groups excluding carboxylic acids is 1. The van der Waals surface area contributed by atoms with Crippen molar-refractivity contribution in [2.24, 2.45) is 11.8 Å². The Balaban J connectivity index is 2.58. The summed E-state index contributed by atoms with van der Waals surface area (Å²) in [6.07, 6.45) is 1.87. The van der Waals surface area contributed by atoms with Crippen molar-refractivity contribution >= 4 is 11.9 Å². The second kappa shape index (κ2) is 6.89. The highest BCUT2D eigenvalue weighted by Crippen LogP contribution is 2.25. The summed E-state index contributed by atoms with van der Waals surface area (Å²) in [6.45, 7) is 7.78. The molecule has 0 aromatic carbocycles. The lowest BCUT2D eigenvalue weighted by Crippen LogP contribution is -2.46. The molecule has 0 aromatic rings. The molecule has 0 radical (unpaired) electrons. The van der Waals surface area contributed by atoms with Gasteiger partial charge >= 0.3 is 5.97 Å². The molecule has 110 valence electrons. The summed E-state index contributed by atoms with van der Waals surface area (Å²) in [5.41, 5.74) is 0. The molecule has 0 aliphatic carbocycles. The Morgan fingerprint density at radius 1 is 1.26 bits per heavy atom. The summed E-state index contributed by atoms with van der Waals surface area (Å²) in [6, 6.07) is -0.791. The van der Waals surface area contributed by atoms with Crippen LogP contribution in [0.3, 0.4) is 0 Å². The number of hydrogen-bond acceptors (Lipinski definition) is 3. The van der Waals surface area contributed by atoms with Crippen molar-refractivity contribution < 1.29 is 19.4 Å². The molecule has 5 nitrogen and oxygen atoms in total. The molecule has 1 aliphatic rings. The van der Waals surface area contributed by atoms with Crippen molar-refractivity contribution in [3.8, 4) is 0 Å². The molecule has 1 heterocycles. The van der Waals surface area contributed by atoms with Gasteiger partial charge in [0.25, 0.3) is 0 Å². The number of carboxylic acids is 1. The zero-order valence-corrected chi connectivity index (χ0v) is 12.2. The minimum Gasteiger partial charge on any atom is -0.480 e. The minimum absolute atomic E-state index is 0.0490. The van der Waals surface area contributed by atoms with E-state index >= 15 is 0 Å². The van der Waals surface area contributed by atoms with Crippen molar-refractivity contribution in [2.45, 2.75) is 65.2 Å². The van der Waals surface area contributed by atoms with E-state index in [0.29, 0.717) is 19.3 Å². The number of carboxylic acid groups (broad SMARTS) is 1. The Hall–Kier alpha value is -1.10. The number of ether oxygens (including phenoxy) is 1. The number of carbonyl (C=O) groups is 2. The van der Waals surface area contributed by atoms with E-state index in [1.807, 2.05) is 27.7 Å². The quantitative estimate of drug-likeness (QED) is 0.799. The average molecular weight is 271 g/mol. The molecule has 1 saturated heterocycles. The van der Waals surface area contributed by atoms with Gasteiger partial charge in [-0.05, 0) is 39.0 Å². The van der Waals surface area contributed by atoms with Crippen LogP contribution in [0.25, 0.3) is 0 Å². The molecule has 19 heavy (non-hydrogen) atoms. The van der Waals surface area contributed by atoms with Gasteiger partial charge in [0.15, 0.2) is 0 Å². The van der Waals surface area contributed by atoms with Crippen LogP contribution in [0.15, 0.2) is 0 Å². The Bertz CT molecular complexity index is 319. The summed E-state index contributed by atoms with van der Waals surface area (Å²) in [4.78, 5) is 23.3. The van der Waals surface area contributed by atoms with E-state index in [2.05, 4.69) is 5.32 Å². The summed E-state index contributed by atoms with van der Waals surface area (Å²) in [5.74, 6) is -1.04. The Morgan fingerprint density at radius 3 is 2.21 bits per heavy atom. The van der Waals surface area contributed by atoms with E-state index in [9.17, 15) is 9.59 Å². The molecular formula is C14H25NO4. The fraction of sp³-hybridized carbons (Fsp3) is 0.857. The molecule has 2 N–H and O–H groups in total. The summed E-state index contributed by atoms with van der Waals surface area (Å²) in [5, 5.41) is 11.8. The van der Waals surface area contributed by atoms with Crippen LogP contribution >= 0.6 is 0 Å². The van der Waals surface area contributed by atoms with Gasteiger partial charge in [-0.25, -0.2) is 4.79 Å². The fourth-order valence-corrected chi connectivity index (χ4v) is 2.60. The maximum atomic E-state index is 12.2. The van der Waals surface area contributed by atoms with E-state index in [-0.39, 0.29) is 30.0 Å². The first-order valence-electron chi connectivity index (χ1n) is 6.98. The molecule has 0 aromatic heterocycles. The highest BCUT2D eigenvalue weighted by Gasteiger charge is 2.31. The van der Waals surface area contributed by atoms with E-state index in [1.54, 1.807) is 0 Å². The molecule has 1 rings (SSSR count). The van der Waals surface area contributed by atoms with Gasteiger partial charge in [0.05, 0.1) is 12.2 Å². The molecule has 1 amide bonds. The monoisotopic (exact) mass is 271 g/mol. The first-order valence-corrected chi connectivity index (χ1v) is 6.98. The number of aliphatic carboxylic acids is 1. The highest BCUT2D eigenvalue weighted by molar-refractivity contribution is 5.85. The SMILES string of the molecule is CC(C)C[C@@H](NC(=O)C1CC(C)OC(C)C1)C(=O)O. The van der Waals surface area contributed by atoms with Gasteiger partial charge in [-0.2, -0.15) is 0 Å². The first kappa shape index (κ1) is 16.0. The second-order valence-corrected chi connectivity index (χ2v) is 5.95. The van der Waals surface area contributed by atoms with Gasteiger partial charge in [0.2, 0.25) is 5.91 Å². The van der Waals surface area contributed by atoms with Crippen LogP contribution in [0.1, 0.15) is 47.0 Å².